The van der Waals surface area contributed by atoms with Gasteiger partial charge in [0.25, 0.3) is 0 Å². The summed E-state index contributed by atoms with van der Waals surface area (Å²) < 4.78 is 5.70. The summed E-state index contributed by atoms with van der Waals surface area (Å²) in [5.41, 5.74) is 1.14. The number of esters is 1. The number of carbonyl (C=O) groups is 2. The molecule has 0 amide bonds. The van der Waals surface area contributed by atoms with Crippen molar-refractivity contribution in [1.82, 2.24) is 0 Å². The highest BCUT2D eigenvalue weighted by Gasteiger charge is 2.28. The van der Waals surface area contributed by atoms with Crippen molar-refractivity contribution in [2.75, 3.05) is 0 Å². The van der Waals surface area contributed by atoms with Crippen molar-refractivity contribution < 1.29 is 14.3 Å². The molecule has 2 rings (SSSR count). The second kappa shape index (κ2) is 9.03. The van der Waals surface area contributed by atoms with Crippen LogP contribution in [0.2, 0.25) is 5.02 Å². The average Bonchev–Trinajstić information content (AvgIpc) is 2.57. The van der Waals surface area contributed by atoms with Crippen molar-refractivity contribution in [3.05, 3.63) is 40.6 Å². The molecule has 4 heteroatoms. The number of Topliss-reactive ketones (excluding diaryl/α,β-unsaturated/α-hetero) is 1. The van der Waals surface area contributed by atoms with Crippen molar-refractivity contribution in [1.29, 1.82) is 0 Å². The minimum Gasteiger partial charge on any atom is -0.430 e. The number of hydrogen-bond acceptors (Lipinski definition) is 3. The van der Waals surface area contributed by atoms with E-state index in [1.807, 2.05) is 25.1 Å². The molecule has 24 heavy (non-hydrogen) atoms. The Kier molecular flexibility index (Phi) is 7.04. The lowest BCUT2D eigenvalue weighted by Gasteiger charge is -2.22. The third kappa shape index (κ3) is 4.47. The Bertz CT molecular complexity index is 634. The Balaban J connectivity index is 2.30. The number of ketones is 1. The summed E-state index contributed by atoms with van der Waals surface area (Å²) >= 11 is 6.26. The van der Waals surface area contributed by atoms with Gasteiger partial charge in [0.15, 0.2) is 5.78 Å². The normalized spacial score (nSPS) is 16.2. The Morgan fingerprint density at radius 3 is 2.67 bits per heavy atom. The quantitative estimate of drug-likeness (QED) is 0.605. The predicted molar refractivity (Wildman–Crippen MR) is 96.6 cm³/mol. The monoisotopic (exact) mass is 348 g/mol. The fraction of sp³-hybridized carbons (Fsp3) is 0.500. The third-order valence-electron chi connectivity index (χ3n) is 4.46. The number of carbonyl (C=O) groups excluding carboxylic acids is 2. The standard InChI is InChI=1S/C20H25ClO3/c1-3-5-9-14(4-2)20(23)24-18-13-8-12-17(22)19(18)15-10-6-7-11-16(15)21/h6-7,10-11,14H,3-5,8-9,12-13H2,1-2H3. The molecule has 0 aromatic heterocycles. The first kappa shape index (κ1) is 18.7. The van der Waals surface area contributed by atoms with Crippen LogP contribution < -0.4 is 0 Å². The molecular formula is C20H25ClO3. The highest BCUT2D eigenvalue weighted by Crippen LogP contribution is 2.34. The second-order valence-electron chi connectivity index (χ2n) is 6.22. The number of halogens is 1. The number of unbranched alkanes of at least 4 members (excludes halogenated alkanes) is 1. The fourth-order valence-electron chi connectivity index (χ4n) is 3.03. The van der Waals surface area contributed by atoms with E-state index in [0.717, 1.165) is 25.7 Å². The maximum Gasteiger partial charge on any atom is 0.314 e. The Hall–Kier alpha value is -1.61. The highest BCUT2D eigenvalue weighted by molar-refractivity contribution is 6.35. The van der Waals surface area contributed by atoms with E-state index in [2.05, 4.69) is 6.92 Å². The van der Waals surface area contributed by atoms with Crippen LogP contribution >= 0.6 is 11.6 Å². The zero-order valence-electron chi connectivity index (χ0n) is 14.4. The molecule has 1 aliphatic rings. The largest absolute Gasteiger partial charge is 0.430 e. The summed E-state index contributed by atoms with van der Waals surface area (Å²) in [6.07, 6.45) is 5.41. The van der Waals surface area contributed by atoms with Crippen LogP contribution in [0.15, 0.2) is 30.0 Å². The SMILES string of the molecule is CCCCC(CC)C(=O)OC1=C(c2ccccc2Cl)C(=O)CCC1. The molecule has 0 spiro atoms. The summed E-state index contributed by atoms with van der Waals surface area (Å²) in [6.45, 7) is 4.10. The summed E-state index contributed by atoms with van der Waals surface area (Å²) in [4.78, 5) is 25.0. The molecule has 1 aromatic carbocycles. The number of ether oxygens (including phenoxy) is 1. The van der Waals surface area contributed by atoms with Crippen LogP contribution in [0.3, 0.4) is 0 Å². The van der Waals surface area contributed by atoms with Gasteiger partial charge >= 0.3 is 5.97 Å². The molecule has 130 valence electrons. The average molecular weight is 349 g/mol. The van der Waals surface area contributed by atoms with Gasteiger partial charge in [-0.15, -0.1) is 0 Å². The smallest absolute Gasteiger partial charge is 0.314 e. The van der Waals surface area contributed by atoms with Crippen LogP contribution in [0.5, 0.6) is 0 Å². The van der Waals surface area contributed by atoms with Crippen LogP contribution in [-0.2, 0) is 14.3 Å². The lowest BCUT2D eigenvalue weighted by atomic mass is 9.90. The van der Waals surface area contributed by atoms with E-state index in [1.165, 1.54) is 0 Å². The molecule has 0 saturated heterocycles. The second-order valence-corrected chi connectivity index (χ2v) is 6.63. The van der Waals surface area contributed by atoms with Crippen molar-refractivity contribution in [3.8, 4) is 0 Å². The van der Waals surface area contributed by atoms with Gasteiger partial charge in [-0.05, 0) is 25.3 Å². The highest BCUT2D eigenvalue weighted by atomic mass is 35.5. The van der Waals surface area contributed by atoms with Crippen molar-refractivity contribution >= 4 is 28.9 Å². The van der Waals surface area contributed by atoms with Gasteiger partial charge < -0.3 is 4.74 Å². The first-order valence-corrected chi connectivity index (χ1v) is 9.19. The zero-order chi connectivity index (χ0) is 17.5. The van der Waals surface area contributed by atoms with E-state index >= 15 is 0 Å². The third-order valence-corrected chi connectivity index (χ3v) is 4.79. The fourth-order valence-corrected chi connectivity index (χ4v) is 3.26. The molecule has 0 N–H and O–H groups in total. The predicted octanol–water partition coefficient (Wildman–Crippen LogP) is 5.56. The lowest BCUT2D eigenvalue weighted by molar-refractivity contribution is -0.144. The summed E-state index contributed by atoms with van der Waals surface area (Å²) in [7, 11) is 0. The molecular weight excluding hydrogens is 324 g/mol. The molecule has 0 radical (unpaired) electrons. The minimum absolute atomic E-state index is 0.00115. The Labute approximate surface area is 149 Å². The molecule has 0 saturated carbocycles. The number of allylic oxidation sites excluding steroid dienone is 2. The van der Waals surface area contributed by atoms with E-state index in [0.29, 0.717) is 41.2 Å². The van der Waals surface area contributed by atoms with Gasteiger partial charge in [-0.25, -0.2) is 0 Å². The lowest BCUT2D eigenvalue weighted by Crippen LogP contribution is -2.20. The van der Waals surface area contributed by atoms with Crippen LogP contribution in [0, 0.1) is 5.92 Å². The Morgan fingerprint density at radius 2 is 2.00 bits per heavy atom. The van der Waals surface area contributed by atoms with Gasteiger partial charge in [-0.2, -0.15) is 0 Å². The van der Waals surface area contributed by atoms with E-state index in [-0.39, 0.29) is 17.7 Å². The molecule has 0 aliphatic heterocycles. The molecule has 1 unspecified atom stereocenters. The van der Waals surface area contributed by atoms with Crippen molar-refractivity contribution in [2.45, 2.75) is 58.8 Å². The summed E-state index contributed by atoms with van der Waals surface area (Å²) in [5, 5.41) is 0.509. The molecule has 3 nitrogen and oxygen atoms in total. The van der Waals surface area contributed by atoms with Gasteiger partial charge in [-0.1, -0.05) is 56.5 Å². The van der Waals surface area contributed by atoms with E-state index in [1.54, 1.807) is 6.07 Å². The maximum absolute atomic E-state index is 12.5. The molecule has 1 aromatic rings. The van der Waals surface area contributed by atoms with Gasteiger partial charge in [0.05, 0.1) is 11.5 Å². The van der Waals surface area contributed by atoms with E-state index < -0.39 is 0 Å². The number of benzene rings is 1. The Morgan fingerprint density at radius 1 is 1.25 bits per heavy atom. The van der Waals surface area contributed by atoms with E-state index in [9.17, 15) is 9.59 Å². The number of hydrogen-bond donors (Lipinski definition) is 0. The van der Waals surface area contributed by atoms with E-state index in [4.69, 9.17) is 16.3 Å². The molecule has 1 aliphatic carbocycles. The van der Waals surface area contributed by atoms with Crippen LogP contribution in [0.4, 0.5) is 0 Å². The van der Waals surface area contributed by atoms with Crippen LogP contribution in [0.25, 0.3) is 5.57 Å². The van der Waals surface area contributed by atoms with Crippen molar-refractivity contribution in [2.24, 2.45) is 5.92 Å². The number of rotatable bonds is 7. The topological polar surface area (TPSA) is 43.4 Å². The molecule has 0 heterocycles. The summed E-state index contributed by atoms with van der Waals surface area (Å²) in [5.74, 6) is 0.153. The van der Waals surface area contributed by atoms with Gasteiger partial charge in [0.2, 0.25) is 0 Å². The zero-order valence-corrected chi connectivity index (χ0v) is 15.2. The van der Waals surface area contributed by atoms with Gasteiger partial charge in [-0.3, -0.25) is 9.59 Å². The van der Waals surface area contributed by atoms with Gasteiger partial charge in [0.1, 0.15) is 5.76 Å². The first-order valence-electron chi connectivity index (χ1n) is 8.81. The first-order chi connectivity index (χ1) is 11.6. The summed E-state index contributed by atoms with van der Waals surface area (Å²) in [6, 6.07) is 7.22. The molecule has 1 atom stereocenters. The van der Waals surface area contributed by atoms with Crippen LogP contribution in [0.1, 0.15) is 64.4 Å². The van der Waals surface area contributed by atoms with Crippen LogP contribution in [-0.4, -0.2) is 11.8 Å². The van der Waals surface area contributed by atoms with Gasteiger partial charge in [0, 0.05) is 23.4 Å². The molecule has 0 bridgehead atoms. The maximum atomic E-state index is 12.5. The molecule has 0 fully saturated rings. The minimum atomic E-state index is -0.222. The van der Waals surface area contributed by atoms with Crippen molar-refractivity contribution in [3.63, 3.8) is 0 Å².